The highest BCUT2D eigenvalue weighted by Crippen LogP contribution is 2.16. The van der Waals surface area contributed by atoms with Crippen molar-refractivity contribution in [3.8, 4) is 0 Å². The van der Waals surface area contributed by atoms with Crippen LogP contribution in [-0.4, -0.2) is 25.4 Å². The van der Waals surface area contributed by atoms with Crippen LogP contribution < -0.4 is 9.80 Å². The zero-order valence-corrected chi connectivity index (χ0v) is 12.2. The molecule has 0 spiro atoms. The van der Waals surface area contributed by atoms with Gasteiger partial charge in [0.25, 0.3) is 0 Å². The number of anilines is 2. The van der Waals surface area contributed by atoms with E-state index in [9.17, 15) is 9.59 Å². The highest BCUT2D eigenvalue weighted by atomic mass is 16.2. The molecule has 0 aromatic heterocycles. The van der Waals surface area contributed by atoms with Crippen molar-refractivity contribution in [2.45, 2.75) is 6.92 Å². The summed E-state index contributed by atoms with van der Waals surface area (Å²) in [6.07, 6.45) is 0. The van der Waals surface area contributed by atoms with Crippen LogP contribution in [0.3, 0.4) is 0 Å². The molecular formula is C17H18N2O2. The fourth-order valence-electron chi connectivity index (χ4n) is 2.03. The predicted octanol–water partition coefficient (Wildman–Crippen LogP) is 2.70. The molecule has 0 fully saturated rings. The van der Waals surface area contributed by atoms with Crippen LogP contribution in [0.4, 0.5) is 11.4 Å². The van der Waals surface area contributed by atoms with Crippen LogP contribution >= 0.6 is 0 Å². The van der Waals surface area contributed by atoms with Crippen molar-refractivity contribution >= 4 is 23.2 Å². The largest absolute Gasteiger partial charge is 0.314 e. The monoisotopic (exact) mass is 282 g/mol. The first kappa shape index (κ1) is 14.8. The fraction of sp³-hybridized carbons (Fsp3) is 0.176. The average molecular weight is 282 g/mol. The van der Waals surface area contributed by atoms with Gasteiger partial charge in [0.1, 0.15) is 6.54 Å². The van der Waals surface area contributed by atoms with E-state index in [1.807, 2.05) is 60.7 Å². The number of amides is 2. The summed E-state index contributed by atoms with van der Waals surface area (Å²) in [4.78, 5) is 27.2. The second kappa shape index (κ2) is 6.70. The third-order valence-corrected chi connectivity index (χ3v) is 3.26. The molecule has 2 aromatic rings. The van der Waals surface area contributed by atoms with E-state index in [0.29, 0.717) is 0 Å². The van der Waals surface area contributed by atoms with Crippen LogP contribution in [0.5, 0.6) is 0 Å². The molecule has 108 valence electrons. The van der Waals surface area contributed by atoms with Gasteiger partial charge in [0, 0.05) is 25.3 Å². The highest BCUT2D eigenvalue weighted by molar-refractivity contribution is 6.02. The summed E-state index contributed by atoms with van der Waals surface area (Å²) in [5.41, 5.74) is 1.53. The summed E-state index contributed by atoms with van der Waals surface area (Å²) >= 11 is 0. The Kier molecular flexibility index (Phi) is 4.72. The van der Waals surface area contributed by atoms with Gasteiger partial charge in [0.05, 0.1) is 0 Å². The zero-order chi connectivity index (χ0) is 15.2. The standard InChI is InChI=1S/C17H18N2O2/c1-14(20)19(16-11-7-4-8-12-16)13-17(21)18(2)15-9-5-3-6-10-15/h3-12H,13H2,1-2H3. The number of hydrogen-bond acceptors (Lipinski definition) is 2. The van der Waals surface area contributed by atoms with Gasteiger partial charge in [0.2, 0.25) is 11.8 Å². The number of rotatable bonds is 4. The van der Waals surface area contributed by atoms with Crippen molar-refractivity contribution in [2.24, 2.45) is 0 Å². The van der Waals surface area contributed by atoms with Crippen LogP contribution in [0.25, 0.3) is 0 Å². The number of likely N-dealkylation sites (N-methyl/N-ethyl adjacent to an activating group) is 1. The lowest BCUT2D eigenvalue weighted by molar-refractivity contribution is -0.121. The summed E-state index contributed by atoms with van der Waals surface area (Å²) in [6.45, 7) is 1.48. The summed E-state index contributed by atoms with van der Waals surface area (Å²) < 4.78 is 0. The molecule has 2 aromatic carbocycles. The Hall–Kier alpha value is -2.62. The van der Waals surface area contributed by atoms with Gasteiger partial charge < -0.3 is 9.80 Å². The Bertz CT molecular complexity index is 611. The number of carbonyl (C=O) groups excluding carboxylic acids is 2. The molecule has 2 amide bonds. The number of carbonyl (C=O) groups is 2. The van der Waals surface area contributed by atoms with Crippen LogP contribution in [0.15, 0.2) is 60.7 Å². The van der Waals surface area contributed by atoms with E-state index in [2.05, 4.69) is 0 Å². The molecule has 4 nitrogen and oxygen atoms in total. The summed E-state index contributed by atoms with van der Waals surface area (Å²) in [6, 6.07) is 18.6. The third kappa shape index (κ3) is 3.69. The minimum absolute atomic E-state index is 0.0186. The van der Waals surface area contributed by atoms with Gasteiger partial charge in [-0.1, -0.05) is 36.4 Å². The number of nitrogens with zero attached hydrogens (tertiary/aromatic N) is 2. The second-order valence-electron chi connectivity index (χ2n) is 4.73. The Labute approximate surface area is 124 Å². The number of hydrogen-bond donors (Lipinski definition) is 0. The van der Waals surface area contributed by atoms with E-state index >= 15 is 0 Å². The molecule has 4 heteroatoms. The van der Waals surface area contributed by atoms with Gasteiger partial charge in [0.15, 0.2) is 0 Å². The smallest absolute Gasteiger partial charge is 0.246 e. The molecular weight excluding hydrogens is 264 g/mol. The van der Waals surface area contributed by atoms with Gasteiger partial charge in [-0.3, -0.25) is 9.59 Å². The second-order valence-corrected chi connectivity index (χ2v) is 4.73. The van der Waals surface area contributed by atoms with E-state index in [1.54, 1.807) is 11.9 Å². The lowest BCUT2D eigenvalue weighted by atomic mass is 10.2. The average Bonchev–Trinajstić information content (AvgIpc) is 2.53. The number of para-hydroxylation sites is 2. The van der Waals surface area contributed by atoms with E-state index in [4.69, 9.17) is 0 Å². The Morgan fingerprint density at radius 2 is 1.33 bits per heavy atom. The molecule has 0 unspecified atom stereocenters. The summed E-state index contributed by atoms with van der Waals surface area (Å²) in [5.74, 6) is -0.295. The normalized spacial score (nSPS) is 10.0. The fourth-order valence-corrected chi connectivity index (χ4v) is 2.03. The van der Waals surface area contributed by atoms with Gasteiger partial charge in [-0.15, -0.1) is 0 Å². The van der Waals surface area contributed by atoms with E-state index in [-0.39, 0.29) is 18.4 Å². The minimum atomic E-state index is -0.156. The lowest BCUT2D eigenvalue weighted by Crippen LogP contribution is -2.40. The zero-order valence-electron chi connectivity index (χ0n) is 12.2. The quantitative estimate of drug-likeness (QED) is 0.865. The molecule has 0 saturated heterocycles. The Morgan fingerprint density at radius 3 is 1.81 bits per heavy atom. The van der Waals surface area contributed by atoms with Crippen LogP contribution in [-0.2, 0) is 9.59 Å². The maximum Gasteiger partial charge on any atom is 0.246 e. The van der Waals surface area contributed by atoms with Crippen LogP contribution in [0.1, 0.15) is 6.92 Å². The first-order chi connectivity index (χ1) is 10.1. The molecule has 0 heterocycles. The van der Waals surface area contributed by atoms with Crippen molar-refractivity contribution < 1.29 is 9.59 Å². The first-order valence-corrected chi connectivity index (χ1v) is 6.74. The van der Waals surface area contributed by atoms with Crippen molar-refractivity contribution in [1.82, 2.24) is 0 Å². The molecule has 0 aliphatic rings. The molecule has 0 bridgehead atoms. The predicted molar refractivity (Wildman–Crippen MR) is 84.3 cm³/mol. The maximum absolute atomic E-state index is 12.4. The Balaban J connectivity index is 2.14. The van der Waals surface area contributed by atoms with Crippen LogP contribution in [0.2, 0.25) is 0 Å². The van der Waals surface area contributed by atoms with Gasteiger partial charge in [-0.25, -0.2) is 0 Å². The molecule has 2 rings (SSSR count). The van der Waals surface area contributed by atoms with Gasteiger partial charge in [-0.2, -0.15) is 0 Å². The van der Waals surface area contributed by atoms with Crippen molar-refractivity contribution in [3.63, 3.8) is 0 Å². The van der Waals surface area contributed by atoms with Gasteiger partial charge in [-0.05, 0) is 24.3 Å². The van der Waals surface area contributed by atoms with Crippen LogP contribution in [0, 0.1) is 0 Å². The minimum Gasteiger partial charge on any atom is -0.314 e. The molecule has 0 aliphatic heterocycles. The molecule has 0 aliphatic carbocycles. The highest BCUT2D eigenvalue weighted by Gasteiger charge is 2.18. The third-order valence-electron chi connectivity index (χ3n) is 3.26. The molecule has 0 radical (unpaired) electrons. The van der Waals surface area contributed by atoms with E-state index in [0.717, 1.165) is 11.4 Å². The molecule has 21 heavy (non-hydrogen) atoms. The molecule has 0 atom stereocenters. The Morgan fingerprint density at radius 1 is 0.857 bits per heavy atom. The maximum atomic E-state index is 12.4. The summed E-state index contributed by atoms with van der Waals surface area (Å²) in [7, 11) is 1.71. The van der Waals surface area contributed by atoms with Gasteiger partial charge >= 0.3 is 0 Å². The molecule has 0 saturated carbocycles. The van der Waals surface area contributed by atoms with E-state index in [1.165, 1.54) is 11.8 Å². The number of benzene rings is 2. The SMILES string of the molecule is CC(=O)N(CC(=O)N(C)c1ccccc1)c1ccccc1. The lowest BCUT2D eigenvalue weighted by Gasteiger charge is -2.24. The van der Waals surface area contributed by atoms with Crippen molar-refractivity contribution in [1.29, 1.82) is 0 Å². The van der Waals surface area contributed by atoms with Crippen molar-refractivity contribution in [3.05, 3.63) is 60.7 Å². The summed E-state index contributed by atoms with van der Waals surface area (Å²) in [5, 5.41) is 0. The molecule has 0 N–H and O–H groups in total. The van der Waals surface area contributed by atoms with Crippen molar-refractivity contribution in [2.75, 3.05) is 23.4 Å². The first-order valence-electron chi connectivity index (χ1n) is 6.74. The van der Waals surface area contributed by atoms with E-state index < -0.39 is 0 Å². The topological polar surface area (TPSA) is 40.6 Å².